The van der Waals surface area contributed by atoms with Crippen molar-refractivity contribution in [3.8, 4) is 11.5 Å². The van der Waals surface area contributed by atoms with Crippen molar-refractivity contribution in [1.82, 2.24) is 10.7 Å². The Morgan fingerprint density at radius 1 is 0.930 bits per heavy atom. The lowest BCUT2D eigenvalue weighted by Crippen LogP contribution is -2.48. The predicted molar refractivity (Wildman–Crippen MR) is 158 cm³/mol. The number of carbonyl (C=O) groups excluding carboxylic acids is 4. The molecule has 0 aliphatic carbocycles. The molecule has 0 heterocycles. The van der Waals surface area contributed by atoms with Crippen molar-refractivity contribution in [2.75, 3.05) is 25.6 Å². The molecule has 0 aliphatic heterocycles. The molecule has 0 radical (unpaired) electrons. The molecule has 3 aromatic carbocycles. The van der Waals surface area contributed by atoms with E-state index in [9.17, 15) is 23.6 Å². The first-order valence-electron chi connectivity index (χ1n) is 13.4. The second-order valence-electron chi connectivity index (χ2n) is 9.48. The maximum Gasteiger partial charge on any atom is 0.338 e. The molecule has 3 aromatic rings. The summed E-state index contributed by atoms with van der Waals surface area (Å²) in [6, 6.07) is 15.2. The number of anilines is 1. The van der Waals surface area contributed by atoms with E-state index >= 15 is 0 Å². The smallest absolute Gasteiger partial charge is 0.338 e. The lowest BCUT2D eigenvalue weighted by atomic mass is 10.0. The molecule has 3 N–H and O–H groups in total. The van der Waals surface area contributed by atoms with Gasteiger partial charge < -0.3 is 24.8 Å². The van der Waals surface area contributed by atoms with Crippen LogP contribution in [0.2, 0.25) is 0 Å². The Morgan fingerprint density at radius 2 is 1.60 bits per heavy atom. The fraction of sp³-hybridized carbons (Fsp3) is 0.258. The third kappa shape index (κ3) is 9.66. The van der Waals surface area contributed by atoms with E-state index in [2.05, 4.69) is 21.2 Å². The van der Waals surface area contributed by atoms with Crippen LogP contribution in [0.1, 0.15) is 47.1 Å². The molecule has 12 heteroatoms. The highest BCUT2D eigenvalue weighted by atomic mass is 19.1. The molecule has 11 nitrogen and oxygen atoms in total. The standard InChI is InChI=1S/C31H33FN4O7/c1-5-42-31(40)22-9-13-24(14-10-22)34-27(37)18-43-25-15-6-20(16-26(25)41-4)17-33-36-30(39)28(19(2)3)35-29(38)21-7-11-23(32)12-8-21/h6-17,19,28H,5,18H2,1-4H3,(H,34,37)(H,35,38)(H,36,39). The maximum atomic E-state index is 13.2. The zero-order valence-corrected chi connectivity index (χ0v) is 24.2. The molecule has 0 aromatic heterocycles. The molecule has 0 aliphatic rings. The quantitative estimate of drug-likeness (QED) is 0.155. The number of amides is 3. The van der Waals surface area contributed by atoms with Crippen LogP contribution in [-0.2, 0) is 14.3 Å². The number of hydrazone groups is 1. The second kappa shape index (κ2) is 15.7. The summed E-state index contributed by atoms with van der Waals surface area (Å²) >= 11 is 0. The molecule has 1 unspecified atom stereocenters. The number of hydrogen-bond donors (Lipinski definition) is 3. The van der Waals surface area contributed by atoms with Crippen LogP contribution in [0.5, 0.6) is 11.5 Å². The van der Waals surface area contributed by atoms with E-state index < -0.39 is 35.5 Å². The summed E-state index contributed by atoms with van der Waals surface area (Å²) in [4.78, 5) is 49.3. The van der Waals surface area contributed by atoms with Gasteiger partial charge in [-0.1, -0.05) is 13.8 Å². The molecule has 0 saturated heterocycles. The van der Waals surface area contributed by atoms with Crippen molar-refractivity contribution >= 4 is 35.6 Å². The Hall–Kier alpha value is -5.26. The van der Waals surface area contributed by atoms with Crippen LogP contribution in [0.3, 0.4) is 0 Å². The summed E-state index contributed by atoms with van der Waals surface area (Å²) in [6.07, 6.45) is 1.38. The highest BCUT2D eigenvalue weighted by Crippen LogP contribution is 2.27. The minimum atomic E-state index is -0.887. The van der Waals surface area contributed by atoms with E-state index in [4.69, 9.17) is 14.2 Å². The number of carbonyl (C=O) groups is 4. The second-order valence-corrected chi connectivity index (χ2v) is 9.48. The van der Waals surface area contributed by atoms with Gasteiger partial charge >= 0.3 is 5.97 Å². The third-order valence-corrected chi connectivity index (χ3v) is 5.96. The van der Waals surface area contributed by atoms with Gasteiger partial charge in [0.05, 0.1) is 25.5 Å². The van der Waals surface area contributed by atoms with Crippen molar-refractivity contribution in [2.24, 2.45) is 11.0 Å². The number of nitrogens with zero attached hydrogens (tertiary/aromatic N) is 1. The summed E-state index contributed by atoms with van der Waals surface area (Å²) in [5.74, 6) is -2.01. The number of hydrogen-bond acceptors (Lipinski definition) is 8. The van der Waals surface area contributed by atoms with E-state index in [1.54, 1.807) is 63.2 Å². The fourth-order valence-electron chi connectivity index (χ4n) is 3.73. The first kappa shape index (κ1) is 32.3. The molecule has 43 heavy (non-hydrogen) atoms. The Morgan fingerprint density at radius 3 is 2.23 bits per heavy atom. The summed E-state index contributed by atoms with van der Waals surface area (Å²) in [6.45, 7) is 5.22. The average molecular weight is 593 g/mol. The average Bonchev–Trinajstić information content (AvgIpc) is 2.99. The lowest BCUT2D eigenvalue weighted by Gasteiger charge is -2.20. The highest BCUT2D eigenvalue weighted by molar-refractivity contribution is 5.98. The maximum absolute atomic E-state index is 13.2. The molecule has 0 fully saturated rings. The van der Waals surface area contributed by atoms with Crippen molar-refractivity contribution < 1.29 is 37.8 Å². The van der Waals surface area contributed by atoms with Gasteiger partial charge in [0.2, 0.25) is 0 Å². The zero-order valence-electron chi connectivity index (χ0n) is 24.2. The van der Waals surface area contributed by atoms with Gasteiger partial charge in [0.1, 0.15) is 11.9 Å². The Labute approximate surface area is 248 Å². The van der Waals surface area contributed by atoms with Crippen LogP contribution in [0.15, 0.2) is 71.8 Å². The van der Waals surface area contributed by atoms with Crippen molar-refractivity contribution in [1.29, 1.82) is 0 Å². The predicted octanol–water partition coefficient (Wildman–Crippen LogP) is 3.93. The molecule has 1 atom stereocenters. The molecule has 0 bridgehead atoms. The summed E-state index contributed by atoms with van der Waals surface area (Å²) in [5.41, 5.74) is 4.05. The van der Waals surface area contributed by atoms with E-state index in [0.717, 1.165) is 0 Å². The summed E-state index contributed by atoms with van der Waals surface area (Å²) < 4.78 is 29.1. The molecule has 0 spiro atoms. The number of ether oxygens (including phenoxy) is 3. The Balaban J connectivity index is 1.54. The summed E-state index contributed by atoms with van der Waals surface area (Å²) in [5, 5.41) is 9.29. The zero-order chi connectivity index (χ0) is 31.4. The van der Waals surface area contributed by atoms with Gasteiger partial charge in [-0.05, 0) is 85.1 Å². The van der Waals surface area contributed by atoms with Crippen LogP contribution in [-0.4, -0.2) is 56.3 Å². The molecule has 3 amide bonds. The fourth-order valence-corrected chi connectivity index (χ4v) is 3.73. The monoisotopic (exact) mass is 592 g/mol. The molecule has 226 valence electrons. The number of esters is 1. The molecular formula is C31H33FN4O7. The molecule has 0 saturated carbocycles. The third-order valence-electron chi connectivity index (χ3n) is 5.96. The van der Waals surface area contributed by atoms with Crippen molar-refractivity contribution in [3.05, 3.63) is 89.2 Å². The van der Waals surface area contributed by atoms with E-state index in [1.165, 1.54) is 37.6 Å². The van der Waals surface area contributed by atoms with Crippen molar-refractivity contribution in [3.63, 3.8) is 0 Å². The number of methoxy groups -OCH3 is 1. The van der Waals surface area contributed by atoms with Crippen molar-refractivity contribution in [2.45, 2.75) is 26.8 Å². The Bertz CT molecular complexity index is 1460. The summed E-state index contributed by atoms with van der Waals surface area (Å²) in [7, 11) is 1.44. The van der Waals surface area contributed by atoms with E-state index in [-0.39, 0.29) is 24.7 Å². The minimum absolute atomic E-state index is 0.222. The largest absolute Gasteiger partial charge is 0.493 e. The molecule has 3 rings (SSSR count). The Kier molecular flexibility index (Phi) is 11.7. The SMILES string of the molecule is CCOC(=O)c1ccc(NC(=O)COc2ccc(C=NNC(=O)C(NC(=O)c3ccc(F)cc3)C(C)C)cc2OC)cc1. The van der Waals surface area contributed by atoms with Gasteiger partial charge in [0, 0.05) is 11.3 Å². The van der Waals surface area contributed by atoms with E-state index in [1.807, 2.05) is 0 Å². The normalized spacial score (nSPS) is 11.5. The van der Waals surface area contributed by atoms with Gasteiger partial charge in [-0.25, -0.2) is 14.6 Å². The first-order chi connectivity index (χ1) is 20.6. The lowest BCUT2D eigenvalue weighted by molar-refractivity contribution is -0.124. The van der Waals surface area contributed by atoms with Gasteiger partial charge in [-0.3, -0.25) is 14.4 Å². The number of nitrogens with one attached hydrogen (secondary N) is 3. The number of rotatable bonds is 13. The first-order valence-corrected chi connectivity index (χ1v) is 13.4. The van der Waals surface area contributed by atoms with Gasteiger partial charge in [0.15, 0.2) is 18.1 Å². The highest BCUT2D eigenvalue weighted by Gasteiger charge is 2.24. The molecular weight excluding hydrogens is 559 g/mol. The van der Waals surface area contributed by atoms with Gasteiger partial charge in [-0.15, -0.1) is 0 Å². The van der Waals surface area contributed by atoms with Crippen LogP contribution in [0.25, 0.3) is 0 Å². The van der Waals surface area contributed by atoms with Crippen LogP contribution in [0.4, 0.5) is 10.1 Å². The van der Waals surface area contributed by atoms with Gasteiger partial charge in [-0.2, -0.15) is 5.10 Å². The van der Waals surface area contributed by atoms with Gasteiger partial charge in [0.25, 0.3) is 17.7 Å². The number of benzene rings is 3. The van der Waals surface area contributed by atoms with E-state index in [0.29, 0.717) is 28.3 Å². The van der Waals surface area contributed by atoms with Crippen LogP contribution in [0, 0.1) is 11.7 Å². The minimum Gasteiger partial charge on any atom is -0.493 e. The van der Waals surface area contributed by atoms with Crippen LogP contribution >= 0.6 is 0 Å². The van der Waals surface area contributed by atoms with Crippen LogP contribution < -0.4 is 25.5 Å². The topological polar surface area (TPSA) is 144 Å². The number of halogens is 1.